The van der Waals surface area contributed by atoms with Gasteiger partial charge in [-0.1, -0.05) is 13.8 Å². The van der Waals surface area contributed by atoms with Gasteiger partial charge in [0.1, 0.15) is 5.54 Å². The molecule has 0 radical (unpaired) electrons. The third-order valence-electron chi connectivity index (χ3n) is 3.14. The van der Waals surface area contributed by atoms with Crippen LogP contribution in [0.25, 0.3) is 0 Å². The minimum atomic E-state index is -3.36. The lowest BCUT2D eigenvalue weighted by molar-refractivity contribution is -0.148. The Bertz CT molecular complexity index is 345. The van der Waals surface area contributed by atoms with Crippen molar-refractivity contribution in [2.75, 3.05) is 12.3 Å². The topological polar surface area (TPSA) is 74.7 Å². The normalized spacial score (nSPS) is 21.7. The van der Waals surface area contributed by atoms with Gasteiger partial charge in [-0.2, -0.15) is 4.31 Å². The molecule has 0 saturated carbocycles. The molecule has 1 fully saturated rings. The standard InChI is InChI=1S/C9H17NO4S/c1-3-9(4-2,8(11)12)10-6-5-7-15(10,13)14/h3-7H2,1-2H3,(H,11,12). The lowest BCUT2D eigenvalue weighted by atomic mass is 9.93. The number of sulfonamides is 1. The van der Waals surface area contributed by atoms with Crippen molar-refractivity contribution in [2.45, 2.75) is 38.6 Å². The van der Waals surface area contributed by atoms with Crippen LogP contribution in [-0.2, 0) is 14.8 Å². The summed E-state index contributed by atoms with van der Waals surface area (Å²) in [6.45, 7) is 3.76. The van der Waals surface area contributed by atoms with Gasteiger partial charge in [-0.25, -0.2) is 8.42 Å². The van der Waals surface area contributed by atoms with Crippen LogP contribution in [0.4, 0.5) is 0 Å². The summed E-state index contributed by atoms with van der Waals surface area (Å²) in [7, 11) is -3.36. The molecule has 1 saturated heterocycles. The van der Waals surface area contributed by atoms with E-state index in [4.69, 9.17) is 0 Å². The molecule has 5 nitrogen and oxygen atoms in total. The quantitative estimate of drug-likeness (QED) is 0.777. The van der Waals surface area contributed by atoms with Crippen LogP contribution in [0.15, 0.2) is 0 Å². The van der Waals surface area contributed by atoms with E-state index in [0.717, 1.165) is 0 Å². The largest absolute Gasteiger partial charge is 0.480 e. The molecule has 1 heterocycles. The van der Waals surface area contributed by atoms with Gasteiger partial charge < -0.3 is 5.11 Å². The van der Waals surface area contributed by atoms with Gasteiger partial charge in [-0.3, -0.25) is 4.79 Å². The first kappa shape index (κ1) is 12.4. The molecule has 0 spiro atoms. The molecule has 0 amide bonds. The molecule has 0 unspecified atom stereocenters. The van der Waals surface area contributed by atoms with Crippen molar-refractivity contribution >= 4 is 16.0 Å². The van der Waals surface area contributed by atoms with Crippen LogP contribution >= 0.6 is 0 Å². The number of hydrogen-bond acceptors (Lipinski definition) is 3. The summed E-state index contributed by atoms with van der Waals surface area (Å²) in [5, 5.41) is 9.21. The summed E-state index contributed by atoms with van der Waals surface area (Å²) in [4.78, 5) is 11.3. The maximum atomic E-state index is 11.7. The van der Waals surface area contributed by atoms with Gasteiger partial charge >= 0.3 is 5.97 Å². The average molecular weight is 235 g/mol. The van der Waals surface area contributed by atoms with Crippen molar-refractivity contribution in [2.24, 2.45) is 0 Å². The minimum absolute atomic E-state index is 0.0715. The predicted octanol–water partition coefficient (Wildman–Crippen LogP) is 0.665. The molecule has 0 aromatic heterocycles. The molecule has 6 heteroatoms. The Kier molecular flexibility index (Phi) is 3.40. The van der Waals surface area contributed by atoms with Crippen LogP contribution in [0.3, 0.4) is 0 Å². The first-order chi connectivity index (χ1) is 6.90. The summed E-state index contributed by atoms with van der Waals surface area (Å²) in [5.74, 6) is -0.972. The van der Waals surface area contributed by atoms with Gasteiger partial charge in [0.15, 0.2) is 0 Å². The highest BCUT2D eigenvalue weighted by atomic mass is 32.2. The zero-order valence-corrected chi connectivity index (χ0v) is 9.88. The maximum Gasteiger partial charge on any atom is 0.325 e. The molecular formula is C9H17NO4S. The molecule has 1 N–H and O–H groups in total. The third-order valence-corrected chi connectivity index (χ3v) is 5.15. The van der Waals surface area contributed by atoms with Crippen LogP contribution in [0.5, 0.6) is 0 Å². The molecule has 0 atom stereocenters. The van der Waals surface area contributed by atoms with E-state index in [9.17, 15) is 18.3 Å². The van der Waals surface area contributed by atoms with Crippen LogP contribution in [0.2, 0.25) is 0 Å². The first-order valence-corrected chi connectivity index (χ1v) is 6.75. The summed E-state index contributed by atoms with van der Waals surface area (Å²) >= 11 is 0. The highest BCUT2D eigenvalue weighted by molar-refractivity contribution is 7.89. The van der Waals surface area contributed by atoms with Crippen LogP contribution in [0.1, 0.15) is 33.1 Å². The second-order valence-electron chi connectivity index (χ2n) is 3.79. The maximum absolute atomic E-state index is 11.7. The predicted molar refractivity (Wildman–Crippen MR) is 56.1 cm³/mol. The van der Waals surface area contributed by atoms with E-state index in [1.54, 1.807) is 13.8 Å². The smallest absolute Gasteiger partial charge is 0.325 e. The number of carboxylic acid groups (broad SMARTS) is 1. The zero-order chi connectivity index (χ0) is 11.7. The van der Waals surface area contributed by atoms with Gasteiger partial charge in [0.2, 0.25) is 10.0 Å². The minimum Gasteiger partial charge on any atom is -0.480 e. The average Bonchev–Trinajstić information content (AvgIpc) is 2.49. The van der Waals surface area contributed by atoms with Crippen LogP contribution in [-0.4, -0.2) is 41.6 Å². The number of rotatable bonds is 4. The second-order valence-corrected chi connectivity index (χ2v) is 5.80. The highest BCUT2D eigenvalue weighted by Gasteiger charge is 2.48. The SMILES string of the molecule is CCC(CC)(C(=O)O)N1CCCS1(=O)=O. The molecule has 0 aromatic rings. The van der Waals surface area contributed by atoms with E-state index in [1.165, 1.54) is 4.31 Å². The summed E-state index contributed by atoms with van der Waals surface area (Å²) < 4.78 is 24.6. The molecule has 1 aliphatic rings. The molecule has 0 aliphatic carbocycles. The van der Waals surface area contributed by atoms with Gasteiger partial charge in [0.05, 0.1) is 5.75 Å². The highest BCUT2D eigenvalue weighted by Crippen LogP contribution is 2.31. The Morgan fingerprint density at radius 2 is 1.93 bits per heavy atom. The number of aliphatic carboxylic acids is 1. The first-order valence-electron chi connectivity index (χ1n) is 5.14. The lowest BCUT2D eigenvalue weighted by Gasteiger charge is -2.35. The molecule has 88 valence electrons. The summed E-state index contributed by atoms with van der Waals surface area (Å²) in [6, 6.07) is 0. The van der Waals surface area contributed by atoms with Crippen molar-refractivity contribution in [3.05, 3.63) is 0 Å². The lowest BCUT2D eigenvalue weighted by Crippen LogP contribution is -2.54. The molecular weight excluding hydrogens is 218 g/mol. The molecule has 15 heavy (non-hydrogen) atoms. The molecule has 0 aromatic carbocycles. The Morgan fingerprint density at radius 3 is 2.20 bits per heavy atom. The van der Waals surface area contributed by atoms with Crippen LogP contribution < -0.4 is 0 Å². The summed E-state index contributed by atoms with van der Waals surface area (Å²) in [5.41, 5.74) is -1.24. The van der Waals surface area contributed by atoms with Crippen molar-refractivity contribution in [3.63, 3.8) is 0 Å². The van der Waals surface area contributed by atoms with E-state index in [-0.39, 0.29) is 5.75 Å². The van der Waals surface area contributed by atoms with E-state index in [0.29, 0.717) is 25.8 Å². The Labute approximate surface area is 90.1 Å². The number of carbonyl (C=O) groups is 1. The van der Waals surface area contributed by atoms with Crippen LogP contribution in [0, 0.1) is 0 Å². The van der Waals surface area contributed by atoms with Gasteiger partial charge in [0, 0.05) is 6.54 Å². The Morgan fingerprint density at radius 1 is 1.40 bits per heavy atom. The third kappa shape index (κ3) is 1.88. The van der Waals surface area contributed by atoms with Gasteiger partial charge in [-0.15, -0.1) is 0 Å². The molecule has 1 rings (SSSR count). The monoisotopic (exact) mass is 235 g/mol. The number of hydrogen-bond donors (Lipinski definition) is 1. The van der Waals surface area contributed by atoms with Crippen molar-refractivity contribution in [1.82, 2.24) is 4.31 Å². The zero-order valence-electron chi connectivity index (χ0n) is 9.06. The van der Waals surface area contributed by atoms with Gasteiger partial charge in [-0.05, 0) is 19.3 Å². The van der Waals surface area contributed by atoms with Gasteiger partial charge in [0.25, 0.3) is 0 Å². The van der Waals surface area contributed by atoms with Crippen molar-refractivity contribution in [1.29, 1.82) is 0 Å². The van der Waals surface area contributed by atoms with E-state index < -0.39 is 21.5 Å². The Balaban J connectivity index is 3.15. The van der Waals surface area contributed by atoms with Crippen molar-refractivity contribution < 1.29 is 18.3 Å². The van der Waals surface area contributed by atoms with E-state index in [2.05, 4.69) is 0 Å². The Hall–Kier alpha value is -0.620. The van der Waals surface area contributed by atoms with E-state index in [1.807, 2.05) is 0 Å². The van der Waals surface area contributed by atoms with E-state index >= 15 is 0 Å². The fraction of sp³-hybridized carbons (Fsp3) is 0.889. The fourth-order valence-corrected chi connectivity index (χ4v) is 4.12. The fourth-order valence-electron chi connectivity index (χ4n) is 2.13. The van der Waals surface area contributed by atoms with Crippen molar-refractivity contribution in [3.8, 4) is 0 Å². The molecule has 0 bridgehead atoms. The molecule has 1 aliphatic heterocycles. The summed E-state index contributed by atoms with van der Waals surface area (Å²) in [6.07, 6.45) is 1.13. The number of carboxylic acids is 1. The second kappa shape index (κ2) is 4.09. The number of nitrogens with zero attached hydrogens (tertiary/aromatic N) is 1.